The molecular formula is C15H22N2O2S. The highest BCUT2D eigenvalue weighted by atomic mass is 32.2. The molecule has 0 radical (unpaired) electrons. The second kappa shape index (κ2) is 6.90. The van der Waals surface area contributed by atoms with E-state index < -0.39 is 10.0 Å². The Hall–Kier alpha value is -1.33. The predicted molar refractivity (Wildman–Crippen MR) is 82.9 cm³/mol. The summed E-state index contributed by atoms with van der Waals surface area (Å²) in [5.74, 6) is 0.120. The van der Waals surface area contributed by atoms with Crippen molar-refractivity contribution in [2.45, 2.75) is 25.7 Å². The van der Waals surface area contributed by atoms with Gasteiger partial charge in [-0.2, -0.15) is 0 Å². The monoisotopic (exact) mass is 294 g/mol. The molecule has 0 spiro atoms. The average Bonchev–Trinajstić information content (AvgIpc) is 2.95. The molecule has 0 aliphatic carbocycles. The molecule has 0 atom stereocenters. The number of hydrogen-bond acceptors (Lipinski definition) is 3. The van der Waals surface area contributed by atoms with E-state index in [1.54, 1.807) is 10.4 Å². The summed E-state index contributed by atoms with van der Waals surface area (Å²) in [6, 6.07) is 7.78. The summed E-state index contributed by atoms with van der Waals surface area (Å²) >= 11 is 0. The van der Waals surface area contributed by atoms with Crippen molar-refractivity contribution in [3.63, 3.8) is 0 Å². The molecule has 0 amide bonds. The van der Waals surface area contributed by atoms with E-state index in [1.807, 2.05) is 30.3 Å². The number of nitrogens with two attached hydrogens (primary N) is 1. The fourth-order valence-corrected chi connectivity index (χ4v) is 3.72. The quantitative estimate of drug-likeness (QED) is 0.646. The average molecular weight is 294 g/mol. The van der Waals surface area contributed by atoms with Crippen molar-refractivity contribution >= 4 is 15.7 Å². The number of anilines is 1. The summed E-state index contributed by atoms with van der Waals surface area (Å²) in [6.07, 6.45) is 7.44. The van der Waals surface area contributed by atoms with E-state index in [0.717, 1.165) is 31.4 Å². The fraction of sp³-hybridized carbons (Fsp3) is 0.467. The summed E-state index contributed by atoms with van der Waals surface area (Å²) in [6.45, 7) is 1.36. The van der Waals surface area contributed by atoms with Crippen molar-refractivity contribution in [3.8, 4) is 0 Å². The first-order valence-electron chi connectivity index (χ1n) is 7.05. The lowest BCUT2D eigenvalue weighted by molar-refractivity contribution is 0.480. The predicted octanol–water partition coefficient (Wildman–Crippen LogP) is 2.18. The maximum absolute atomic E-state index is 12.0. The summed E-state index contributed by atoms with van der Waals surface area (Å²) in [7, 11) is -3.08. The van der Waals surface area contributed by atoms with Gasteiger partial charge < -0.3 is 5.73 Å². The first-order chi connectivity index (χ1) is 9.58. The van der Waals surface area contributed by atoms with Crippen LogP contribution in [-0.2, 0) is 16.4 Å². The third-order valence-corrected chi connectivity index (χ3v) is 5.28. The molecule has 0 unspecified atom stereocenters. The Bertz CT molecular complexity index is 544. The number of benzene rings is 1. The van der Waals surface area contributed by atoms with Gasteiger partial charge in [0.1, 0.15) is 0 Å². The Morgan fingerprint density at radius 3 is 2.40 bits per heavy atom. The van der Waals surface area contributed by atoms with Crippen LogP contribution < -0.4 is 5.73 Å². The van der Waals surface area contributed by atoms with Gasteiger partial charge >= 0.3 is 0 Å². The van der Waals surface area contributed by atoms with Crippen molar-refractivity contribution in [2.75, 3.05) is 24.6 Å². The van der Waals surface area contributed by atoms with Gasteiger partial charge in [-0.15, -0.1) is 0 Å². The number of sulfonamides is 1. The Morgan fingerprint density at radius 1 is 1.10 bits per heavy atom. The van der Waals surface area contributed by atoms with Gasteiger partial charge in [0, 0.05) is 18.8 Å². The van der Waals surface area contributed by atoms with Gasteiger partial charge in [-0.05, 0) is 43.4 Å². The number of allylic oxidation sites excluding steroid dienone is 1. The van der Waals surface area contributed by atoms with Gasteiger partial charge in [0.15, 0.2) is 0 Å². The van der Waals surface area contributed by atoms with E-state index in [0.29, 0.717) is 13.1 Å². The zero-order valence-corrected chi connectivity index (χ0v) is 12.5. The highest BCUT2D eigenvalue weighted by Crippen LogP contribution is 2.13. The van der Waals surface area contributed by atoms with Crippen LogP contribution in [0.3, 0.4) is 0 Å². The number of hydrogen-bond donors (Lipinski definition) is 1. The molecule has 1 aliphatic heterocycles. The molecule has 1 heterocycles. The second-order valence-electron chi connectivity index (χ2n) is 5.14. The van der Waals surface area contributed by atoms with Gasteiger partial charge in [0.25, 0.3) is 0 Å². The molecular weight excluding hydrogens is 272 g/mol. The van der Waals surface area contributed by atoms with E-state index in [4.69, 9.17) is 5.73 Å². The minimum Gasteiger partial charge on any atom is -0.399 e. The molecule has 2 N–H and O–H groups in total. The van der Waals surface area contributed by atoms with E-state index in [1.165, 1.54) is 5.56 Å². The maximum atomic E-state index is 12.0. The minimum absolute atomic E-state index is 0.120. The number of aryl methyl sites for hydroxylation is 1. The second-order valence-corrected chi connectivity index (χ2v) is 7.15. The normalized spacial score (nSPS) is 17.0. The molecule has 1 aliphatic rings. The van der Waals surface area contributed by atoms with Gasteiger partial charge in [-0.3, -0.25) is 0 Å². The Morgan fingerprint density at radius 2 is 1.75 bits per heavy atom. The van der Waals surface area contributed by atoms with Crippen LogP contribution in [0, 0.1) is 0 Å². The van der Waals surface area contributed by atoms with Crippen LogP contribution in [0.25, 0.3) is 0 Å². The van der Waals surface area contributed by atoms with Crippen LogP contribution >= 0.6 is 0 Å². The maximum Gasteiger partial charge on any atom is 0.217 e. The van der Waals surface area contributed by atoms with Gasteiger partial charge in [-0.25, -0.2) is 12.7 Å². The van der Waals surface area contributed by atoms with Crippen molar-refractivity contribution in [3.05, 3.63) is 42.0 Å². The van der Waals surface area contributed by atoms with Gasteiger partial charge in [-0.1, -0.05) is 24.3 Å². The summed E-state index contributed by atoms with van der Waals surface area (Å²) < 4.78 is 25.5. The largest absolute Gasteiger partial charge is 0.399 e. The highest BCUT2D eigenvalue weighted by molar-refractivity contribution is 7.89. The molecule has 0 bridgehead atoms. The molecule has 0 aromatic heterocycles. The summed E-state index contributed by atoms with van der Waals surface area (Å²) in [4.78, 5) is 0. The van der Waals surface area contributed by atoms with Crippen LogP contribution in [0.4, 0.5) is 5.69 Å². The van der Waals surface area contributed by atoms with E-state index in [9.17, 15) is 8.42 Å². The van der Waals surface area contributed by atoms with Crippen LogP contribution in [0.1, 0.15) is 24.8 Å². The highest BCUT2D eigenvalue weighted by Gasteiger charge is 2.23. The third-order valence-electron chi connectivity index (χ3n) is 3.51. The number of rotatable bonds is 6. The molecule has 0 saturated carbocycles. The van der Waals surface area contributed by atoms with Crippen molar-refractivity contribution in [1.29, 1.82) is 0 Å². The molecule has 5 heteroatoms. The molecule has 1 aromatic rings. The minimum atomic E-state index is -3.08. The van der Waals surface area contributed by atoms with Crippen molar-refractivity contribution in [1.82, 2.24) is 4.31 Å². The third kappa shape index (κ3) is 4.35. The summed E-state index contributed by atoms with van der Waals surface area (Å²) in [5, 5.41) is 0. The molecule has 4 nitrogen and oxygen atoms in total. The lowest BCUT2D eigenvalue weighted by Crippen LogP contribution is -2.29. The number of nitrogens with zero attached hydrogens (tertiary/aromatic N) is 1. The molecule has 20 heavy (non-hydrogen) atoms. The molecule has 1 aromatic carbocycles. The van der Waals surface area contributed by atoms with Crippen LogP contribution in [0.15, 0.2) is 36.4 Å². The summed E-state index contributed by atoms with van der Waals surface area (Å²) in [5.41, 5.74) is 7.60. The fourth-order valence-electron chi connectivity index (χ4n) is 2.31. The lowest BCUT2D eigenvalue weighted by Gasteiger charge is -2.13. The van der Waals surface area contributed by atoms with Crippen LogP contribution in [0.5, 0.6) is 0 Å². The Balaban J connectivity index is 1.75. The van der Waals surface area contributed by atoms with Gasteiger partial charge in [0.2, 0.25) is 10.0 Å². The van der Waals surface area contributed by atoms with Crippen LogP contribution in [0.2, 0.25) is 0 Å². The zero-order valence-electron chi connectivity index (χ0n) is 11.7. The van der Waals surface area contributed by atoms with E-state index in [-0.39, 0.29) is 5.75 Å². The smallest absolute Gasteiger partial charge is 0.217 e. The van der Waals surface area contributed by atoms with Crippen molar-refractivity contribution in [2.24, 2.45) is 0 Å². The first kappa shape index (κ1) is 15.1. The Labute approximate surface area is 121 Å². The first-order valence-corrected chi connectivity index (χ1v) is 8.66. The van der Waals surface area contributed by atoms with Crippen molar-refractivity contribution < 1.29 is 8.42 Å². The molecule has 110 valence electrons. The number of nitrogen functional groups attached to an aromatic ring is 1. The molecule has 1 fully saturated rings. The Kier molecular flexibility index (Phi) is 5.20. The standard InChI is InChI=1S/C15H22N2O2S/c16-15-9-7-14(8-10-15)6-2-1-5-13-20(18,19)17-11-3-4-12-17/h1,5,7-10H,2-4,6,11-13,16H2. The van der Waals surface area contributed by atoms with Gasteiger partial charge in [0.05, 0.1) is 5.75 Å². The molecule has 2 rings (SSSR count). The van der Waals surface area contributed by atoms with E-state index >= 15 is 0 Å². The lowest BCUT2D eigenvalue weighted by atomic mass is 10.1. The molecule has 1 saturated heterocycles. The SMILES string of the molecule is Nc1ccc(CCC=CCS(=O)(=O)N2CCCC2)cc1. The van der Waals surface area contributed by atoms with E-state index in [2.05, 4.69) is 0 Å². The van der Waals surface area contributed by atoms with Crippen LogP contribution in [-0.4, -0.2) is 31.6 Å². The zero-order chi connectivity index (χ0) is 14.4. The topological polar surface area (TPSA) is 63.4 Å².